The van der Waals surface area contributed by atoms with Crippen molar-refractivity contribution in [2.24, 2.45) is 5.73 Å². The molecular formula is C15H15NOS. The zero-order valence-corrected chi connectivity index (χ0v) is 11.3. The average Bonchev–Trinajstić information content (AvgIpc) is 2.34. The number of nitrogens with two attached hydrogens (primary N) is 1. The molecule has 0 radical (unpaired) electrons. The maximum atomic E-state index is 11.1. The van der Waals surface area contributed by atoms with Gasteiger partial charge in [0, 0.05) is 15.4 Å². The van der Waals surface area contributed by atoms with Crippen LogP contribution in [0.5, 0.6) is 0 Å². The summed E-state index contributed by atoms with van der Waals surface area (Å²) in [6.45, 7) is 4.09. The lowest BCUT2D eigenvalue weighted by atomic mass is 10.1. The number of carbonyl (C=O) groups is 1. The molecule has 0 saturated heterocycles. The van der Waals surface area contributed by atoms with Gasteiger partial charge in [0.15, 0.2) is 0 Å². The molecule has 0 unspecified atom stereocenters. The second-order valence-corrected chi connectivity index (χ2v) is 5.30. The normalized spacial score (nSPS) is 10.3. The fourth-order valence-corrected chi connectivity index (χ4v) is 2.68. The van der Waals surface area contributed by atoms with Crippen molar-refractivity contribution in [1.82, 2.24) is 0 Å². The van der Waals surface area contributed by atoms with Gasteiger partial charge in [0.2, 0.25) is 5.91 Å². The molecule has 2 nitrogen and oxygen atoms in total. The molecule has 0 aliphatic heterocycles. The molecule has 2 N–H and O–H groups in total. The van der Waals surface area contributed by atoms with E-state index >= 15 is 0 Å². The molecule has 2 aromatic rings. The lowest BCUT2D eigenvalue weighted by molar-refractivity contribution is 0.1000. The first-order valence-electron chi connectivity index (χ1n) is 5.72. The predicted molar refractivity (Wildman–Crippen MR) is 75.0 cm³/mol. The summed E-state index contributed by atoms with van der Waals surface area (Å²) in [5.74, 6) is -0.384. The molecule has 0 saturated carbocycles. The Morgan fingerprint density at radius 3 is 2.28 bits per heavy atom. The first-order chi connectivity index (χ1) is 8.58. The van der Waals surface area contributed by atoms with Crippen molar-refractivity contribution in [1.29, 1.82) is 0 Å². The molecular weight excluding hydrogens is 242 g/mol. The number of amides is 1. The molecule has 0 bridgehead atoms. The lowest BCUT2D eigenvalue weighted by Crippen LogP contribution is -2.10. The quantitative estimate of drug-likeness (QED) is 0.913. The van der Waals surface area contributed by atoms with Crippen molar-refractivity contribution in [2.45, 2.75) is 23.6 Å². The lowest BCUT2D eigenvalue weighted by Gasteiger charge is -2.08. The highest BCUT2D eigenvalue weighted by molar-refractivity contribution is 7.99. The molecule has 0 atom stereocenters. The van der Waals surface area contributed by atoms with Crippen molar-refractivity contribution in [2.75, 3.05) is 0 Å². The van der Waals surface area contributed by atoms with Gasteiger partial charge in [-0.25, -0.2) is 0 Å². The van der Waals surface area contributed by atoms with E-state index in [2.05, 4.69) is 19.1 Å². The minimum absolute atomic E-state index is 0.384. The minimum Gasteiger partial charge on any atom is -0.366 e. The summed E-state index contributed by atoms with van der Waals surface area (Å²) in [5.41, 5.74) is 8.14. The maximum Gasteiger partial charge on any atom is 0.248 e. The zero-order chi connectivity index (χ0) is 13.1. The molecule has 92 valence electrons. The van der Waals surface area contributed by atoms with Crippen molar-refractivity contribution >= 4 is 17.7 Å². The Bertz CT molecular complexity index is 593. The molecule has 2 aromatic carbocycles. The van der Waals surface area contributed by atoms with Crippen LogP contribution in [0.2, 0.25) is 0 Å². The summed E-state index contributed by atoms with van der Waals surface area (Å²) in [4.78, 5) is 13.5. The fraction of sp³-hybridized carbons (Fsp3) is 0.133. The summed E-state index contributed by atoms with van der Waals surface area (Å²) < 4.78 is 0. The van der Waals surface area contributed by atoms with Crippen LogP contribution >= 0.6 is 11.8 Å². The molecule has 0 fully saturated rings. The van der Waals surface area contributed by atoms with Crippen LogP contribution in [0.4, 0.5) is 0 Å². The van der Waals surface area contributed by atoms with Crippen LogP contribution in [0, 0.1) is 13.8 Å². The van der Waals surface area contributed by atoms with E-state index in [4.69, 9.17) is 5.73 Å². The first-order valence-corrected chi connectivity index (χ1v) is 6.53. The highest BCUT2D eigenvalue weighted by Gasteiger charge is 2.06. The van der Waals surface area contributed by atoms with Crippen LogP contribution in [-0.4, -0.2) is 5.91 Å². The Hall–Kier alpha value is -1.74. The van der Waals surface area contributed by atoms with Crippen molar-refractivity contribution in [3.63, 3.8) is 0 Å². The molecule has 18 heavy (non-hydrogen) atoms. The number of aryl methyl sites for hydroxylation is 2. The number of benzene rings is 2. The van der Waals surface area contributed by atoms with Gasteiger partial charge in [0.25, 0.3) is 0 Å². The molecule has 3 heteroatoms. The van der Waals surface area contributed by atoms with Crippen molar-refractivity contribution in [3.05, 3.63) is 59.2 Å². The summed E-state index contributed by atoms with van der Waals surface area (Å²) in [6.07, 6.45) is 0. The number of primary amides is 1. The van der Waals surface area contributed by atoms with E-state index in [1.165, 1.54) is 10.5 Å². The third kappa shape index (κ3) is 2.74. The number of rotatable bonds is 3. The smallest absolute Gasteiger partial charge is 0.248 e. The zero-order valence-electron chi connectivity index (χ0n) is 10.4. The molecule has 0 aliphatic carbocycles. The fourth-order valence-electron chi connectivity index (χ4n) is 1.71. The van der Waals surface area contributed by atoms with Crippen LogP contribution in [0.15, 0.2) is 52.3 Å². The van der Waals surface area contributed by atoms with E-state index in [-0.39, 0.29) is 5.91 Å². The average molecular weight is 257 g/mol. The van der Waals surface area contributed by atoms with Crippen LogP contribution < -0.4 is 5.73 Å². The van der Waals surface area contributed by atoms with Gasteiger partial charge in [-0.3, -0.25) is 4.79 Å². The van der Waals surface area contributed by atoms with E-state index in [1.54, 1.807) is 17.8 Å². The van der Waals surface area contributed by atoms with E-state index < -0.39 is 0 Å². The van der Waals surface area contributed by atoms with Crippen LogP contribution in [0.25, 0.3) is 0 Å². The second kappa shape index (κ2) is 5.27. The number of carbonyl (C=O) groups excluding carboxylic acids is 1. The van der Waals surface area contributed by atoms with Gasteiger partial charge in [-0.05, 0) is 49.2 Å². The molecule has 0 spiro atoms. The largest absolute Gasteiger partial charge is 0.366 e. The summed E-state index contributed by atoms with van der Waals surface area (Å²) >= 11 is 1.71. The third-order valence-corrected chi connectivity index (χ3v) is 4.13. The van der Waals surface area contributed by atoms with Gasteiger partial charge in [-0.2, -0.15) is 0 Å². The van der Waals surface area contributed by atoms with Crippen molar-refractivity contribution < 1.29 is 4.79 Å². The Morgan fingerprint density at radius 1 is 1.00 bits per heavy atom. The van der Waals surface area contributed by atoms with Crippen LogP contribution in [-0.2, 0) is 0 Å². The van der Waals surface area contributed by atoms with Gasteiger partial charge in [0.05, 0.1) is 0 Å². The maximum absolute atomic E-state index is 11.1. The van der Waals surface area contributed by atoms with Gasteiger partial charge >= 0.3 is 0 Å². The topological polar surface area (TPSA) is 43.1 Å². The Morgan fingerprint density at radius 2 is 1.67 bits per heavy atom. The van der Waals surface area contributed by atoms with E-state index in [0.29, 0.717) is 5.56 Å². The highest BCUT2D eigenvalue weighted by atomic mass is 32.2. The van der Waals surface area contributed by atoms with E-state index in [0.717, 1.165) is 10.5 Å². The van der Waals surface area contributed by atoms with Gasteiger partial charge in [-0.1, -0.05) is 30.0 Å². The number of hydrogen-bond acceptors (Lipinski definition) is 2. The third-order valence-electron chi connectivity index (χ3n) is 2.77. The SMILES string of the molecule is Cc1ccccc1Sc1ccc(C(N)=O)cc1C. The molecule has 0 heterocycles. The first kappa shape index (κ1) is 12.7. The molecule has 0 aromatic heterocycles. The summed E-state index contributed by atoms with van der Waals surface area (Å²) in [5, 5.41) is 0. The van der Waals surface area contributed by atoms with Crippen LogP contribution in [0.3, 0.4) is 0 Å². The van der Waals surface area contributed by atoms with E-state index in [9.17, 15) is 4.79 Å². The van der Waals surface area contributed by atoms with Crippen molar-refractivity contribution in [3.8, 4) is 0 Å². The Kier molecular flexibility index (Phi) is 3.72. The molecule has 1 amide bonds. The predicted octanol–water partition coefficient (Wildman–Crippen LogP) is 3.55. The Balaban J connectivity index is 2.30. The van der Waals surface area contributed by atoms with Gasteiger partial charge < -0.3 is 5.73 Å². The number of hydrogen-bond donors (Lipinski definition) is 1. The monoisotopic (exact) mass is 257 g/mol. The summed E-state index contributed by atoms with van der Waals surface area (Å²) in [6, 6.07) is 13.8. The van der Waals surface area contributed by atoms with E-state index in [1.807, 2.05) is 31.2 Å². The van der Waals surface area contributed by atoms with Crippen LogP contribution in [0.1, 0.15) is 21.5 Å². The van der Waals surface area contributed by atoms with Gasteiger partial charge in [0.1, 0.15) is 0 Å². The molecule has 2 rings (SSSR count). The highest BCUT2D eigenvalue weighted by Crippen LogP contribution is 2.32. The summed E-state index contributed by atoms with van der Waals surface area (Å²) in [7, 11) is 0. The second-order valence-electron chi connectivity index (χ2n) is 4.21. The van der Waals surface area contributed by atoms with Gasteiger partial charge in [-0.15, -0.1) is 0 Å². The minimum atomic E-state index is -0.384. The Labute approximate surface area is 111 Å². The molecule has 0 aliphatic rings. The standard InChI is InChI=1S/C15H15NOS/c1-10-5-3-4-6-13(10)18-14-8-7-12(15(16)17)9-11(14)2/h3-9H,1-2H3,(H2,16,17).